The number of nitrogens with zero attached hydrogens (tertiary/aromatic N) is 2. The quantitative estimate of drug-likeness (QED) is 0.165. The molecular weight excluding hydrogens is 687 g/mol. The smallest absolute Gasteiger partial charge is 0.264 e. The molecule has 5 heteroatoms. The molecule has 0 saturated heterocycles. The molecular formula is C50H47BN2OS. The number of para-hydroxylation sites is 1. The van der Waals surface area contributed by atoms with Gasteiger partial charge in [0.1, 0.15) is 11.2 Å². The van der Waals surface area contributed by atoms with E-state index in [9.17, 15) is 0 Å². The van der Waals surface area contributed by atoms with Crippen LogP contribution in [-0.4, -0.2) is 6.71 Å². The third-order valence-corrected chi connectivity index (χ3v) is 13.2. The molecule has 2 aliphatic heterocycles. The van der Waals surface area contributed by atoms with Gasteiger partial charge in [0.05, 0.1) is 16.8 Å². The molecule has 6 aromatic carbocycles. The van der Waals surface area contributed by atoms with Gasteiger partial charge in [0.15, 0.2) is 0 Å². The van der Waals surface area contributed by atoms with Gasteiger partial charge in [0.25, 0.3) is 6.71 Å². The molecule has 0 radical (unpaired) electrons. The summed E-state index contributed by atoms with van der Waals surface area (Å²) in [5, 5.41) is 3.63. The van der Waals surface area contributed by atoms with Gasteiger partial charge in [0, 0.05) is 43.0 Å². The zero-order valence-corrected chi connectivity index (χ0v) is 34.2. The molecule has 0 fully saturated rings. The number of hydrogen-bond acceptors (Lipinski definition) is 4. The van der Waals surface area contributed by atoms with Crippen molar-refractivity contribution in [3.05, 3.63) is 138 Å². The summed E-state index contributed by atoms with van der Waals surface area (Å²) in [6.45, 7) is 20.7. The van der Waals surface area contributed by atoms with Crippen LogP contribution in [0.5, 0.6) is 0 Å². The van der Waals surface area contributed by atoms with Crippen LogP contribution in [0.1, 0.15) is 79.0 Å². The minimum atomic E-state index is 0.0242. The van der Waals surface area contributed by atoms with Crippen molar-refractivity contribution >= 4 is 99.9 Å². The first-order chi connectivity index (χ1) is 26.2. The Kier molecular flexibility index (Phi) is 7.24. The van der Waals surface area contributed by atoms with Gasteiger partial charge >= 0.3 is 0 Å². The Labute approximate surface area is 329 Å². The van der Waals surface area contributed by atoms with Gasteiger partial charge in [-0.1, -0.05) is 123 Å². The van der Waals surface area contributed by atoms with Gasteiger partial charge in [-0.25, -0.2) is 0 Å². The van der Waals surface area contributed by atoms with Crippen LogP contribution >= 0.6 is 11.3 Å². The lowest BCUT2D eigenvalue weighted by Gasteiger charge is -2.43. The second-order valence-corrected chi connectivity index (χ2v) is 19.7. The van der Waals surface area contributed by atoms with E-state index in [0.717, 1.165) is 22.2 Å². The van der Waals surface area contributed by atoms with E-state index in [2.05, 4.69) is 193 Å². The lowest BCUT2D eigenvalue weighted by atomic mass is 9.36. The molecule has 0 N–H and O–H groups in total. The normalized spacial score (nSPS) is 14.2. The maximum Gasteiger partial charge on any atom is 0.264 e. The number of fused-ring (bicyclic) bond motifs is 10. The summed E-state index contributed by atoms with van der Waals surface area (Å²) in [4.78, 5) is 5.10. The molecule has 4 heterocycles. The molecule has 0 atom stereocenters. The number of furan rings is 1. The topological polar surface area (TPSA) is 19.6 Å². The van der Waals surface area contributed by atoms with E-state index < -0.39 is 0 Å². The first-order valence-electron chi connectivity index (χ1n) is 19.6. The van der Waals surface area contributed by atoms with Crippen molar-refractivity contribution in [2.24, 2.45) is 0 Å². The van der Waals surface area contributed by atoms with Crippen molar-refractivity contribution in [1.82, 2.24) is 0 Å². The van der Waals surface area contributed by atoms with E-state index in [1.54, 1.807) is 0 Å². The van der Waals surface area contributed by atoms with E-state index >= 15 is 0 Å². The van der Waals surface area contributed by atoms with Gasteiger partial charge in [0.2, 0.25) is 0 Å². The highest BCUT2D eigenvalue weighted by Crippen LogP contribution is 2.50. The van der Waals surface area contributed by atoms with Crippen molar-refractivity contribution in [3.63, 3.8) is 0 Å². The van der Waals surface area contributed by atoms with Crippen LogP contribution in [0.15, 0.2) is 126 Å². The summed E-state index contributed by atoms with van der Waals surface area (Å²) in [6.07, 6.45) is 0. The fraction of sp³-hybridized carbons (Fsp3) is 0.240. The minimum absolute atomic E-state index is 0.0242. The Morgan fingerprint density at radius 2 is 1.07 bits per heavy atom. The van der Waals surface area contributed by atoms with Crippen LogP contribution < -0.4 is 25.5 Å². The van der Waals surface area contributed by atoms with Gasteiger partial charge in [-0.2, -0.15) is 0 Å². The van der Waals surface area contributed by atoms with Crippen molar-refractivity contribution in [1.29, 1.82) is 0 Å². The molecule has 0 unspecified atom stereocenters. The summed E-state index contributed by atoms with van der Waals surface area (Å²) < 4.78 is 9.31. The van der Waals surface area contributed by atoms with E-state index in [0.29, 0.717) is 0 Å². The molecule has 2 aliphatic rings. The Balaban J connectivity index is 1.32. The van der Waals surface area contributed by atoms with E-state index in [1.807, 2.05) is 11.3 Å². The fourth-order valence-corrected chi connectivity index (χ4v) is 10.2. The van der Waals surface area contributed by atoms with Crippen LogP contribution in [-0.2, 0) is 16.2 Å². The SMILES string of the molecule is CC(C)(C)c1ccc(N2c3cccc4c3B(c3ccc5oc6ccccc6c5c3N4c3ccc(C(C)(C)C)cc3)c3sc4ccc(C(C)(C)C)cc4c32)cc1. The molecule has 8 aromatic rings. The van der Waals surface area contributed by atoms with Crippen LogP contribution in [0.3, 0.4) is 0 Å². The molecule has 55 heavy (non-hydrogen) atoms. The van der Waals surface area contributed by atoms with Crippen molar-refractivity contribution in [3.8, 4) is 0 Å². The largest absolute Gasteiger partial charge is 0.456 e. The third-order valence-electron chi connectivity index (χ3n) is 11.9. The van der Waals surface area contributed by atoms with Crippen LogP contribution in [0.25, 0.3) is 32.0 Å². The first kappa shape index (κ1) is 34.3. The molecule has 0 aliphatic carbocycles. The number of benzene rings is 6. The third kappa shape index (κ3) is 5.15. The highest BCUT2D eigenvalue weighted by Gasteiger charge is 2.46. The highest BCUT2D eigenvalue weighted by atomic mass is 32.1. The van der Waals surface area contributed by atoms with Crippen LogP contribution in [0.4, 0.5) is 34.1 Å². The molecule has 0 bridgehead atoms. The van der Waals surface area contributed by atoms with Gasteiger partial charge in [-0.05, 0) is 105 Å². The number of rotatable bonds is 2. The zero-order valence-electron chi connectivity index (χ0n) is 33.3. The summed E-state index contributed by atoms with van der Waals surface area (Å²) >= 11 is 1.96. The van der Waals surface area contributed by atoms with Gasteiger partial charge in [-0.3, -0.25) is 0 Å². The van der Waals surface area contributed by atoms with Crippen molar-refractivity contribution in [2.75, 3.05) is 9.80 Å². The molecule has 0 saturated carbocycles. The monoisotopic (exact) mass is 734 g/mol. The van der Waals surface area contributed by atoms with Crippen molar-refractivity contribution in [2.45, 2.75) is 78.6 Å². The number of anilines is 6. The Bertz CT molecular complexity index is 2820. The summed E-state index contributed by atoms with van der Waals surface area (Å²) in [5.41, 5.74) is 15.9. The zero-order chi connectivity index (χ0) is 38.2. The average Bonchev–Trinajstić information content (AvgIpc) is 3.72. The molecule has 2 aromatic heterocycles. The Morgan fingerprint density at radius 3 is 1.67 bits per heavy atom. The average molecular weight is 735 g/mol. The van der Waals surface area contributed by atoms with Crippen LogP contribution in [0, 0.1) is 0 Å². The predicted molar refractivity (Wildman–Crippen MR) is 239 cm³/mol. The summed E-state index contributed by atoms with van der Waals surface area (Å²) in [5.74, 6) is 0. The predicted octanol–water partition coefficient (Wildman–Crippen LogP) is 12.8. The maximum absolute atomic E-state index is 6.60. The first-order valence-corrected chi connectivity index (χ1v) is 20.5. The van der Waals surface area contributed by atoms with E-state index in [-0.39, 0.29) is 23.0 Å². The summed E-state index contributed by atoms with van der Waals surface area (Å²) in [7, 11) is 0. The molecule has 0 amide bonds. The standard InChI is InChI=1S/C50H47BN2OS/c1-48(2,3)30-17-22-33(23-18-30)52-38-14-12-15-39-44(38)51(47-45(52)36-29-32(50(7,8)9)21-28-42(36)55-47)37-26-27-41-43(35-13-10-11-16-40(35)54-41)46(37)53(39)34-24-19-31(20-25-34)49(4,5)6/h10-29H,1-9H3. The van der Waals surface area contributed by atoms with Crippen LogP contribution in [0.2, 0.25) is 0 Å². The second kappa shape index (κ2) is 11.6. The van der Waals surface area contributed by atoms with E-state index in [1.165, 1.54) is 76.3 Å². The number of thiophene rings is 1. The maximum atomic E-state index is 6.60. The molecule has 0 spiro atoms. The van der Waals surface area contributed by atoms with Gasteiger partial charge < -0.3 is 14.2 Å². The lowest BCUT2D eigenvalue weighted by molar-refractivity contribution is 0.590. The molecule has 10 rings (SSSR count). The van der Waals surface area contributed by atoms with Gasteiger partial charge in [-0.15, -0.1) is 11.3 Å². The highest BCUT2D eigenvalue weighted by molar-refractivity contribution is 7.33. The molecule has 3 nitrogen and oxygen atoms in total. The Hall–Kier alpha value is -5.26. The van der Waals surface area contributed by atoms with Crippen molar-refractivity contribution < 1.29 is 4.42 Å². The van der Waals surface area contributed by atoms with E-state index in [4.69, 9.17) is 4.42 Å². The lowest BCUT2D eigenvalue weighted by Crippen LogP contribution is -2.60. The molecule has 272 valence electrons. The Morgan fingerprint density at radius 1 is 0.509 bits per heavy atom. The fourth-order valence-electron chi connectivity index (χ4n) is 8.94. The number of hydrogen-bond donors (Lipinski definition) is 0. The summed E-state index contributed by atoms with van der Waals surface area (Å²) in [6, 6.07) is 45.8. The second-order valence-electron chi connectivity index (χ2n) is 18.7. The minimum Gasteiger partial charge on any atom is -0.456 e.